The first-order chi connectivity index (χ1) is 24.2. The fraction of sp³-hybridized carbons (Fsp3) is 0.410. The molecule has 256 valence electrons. The zero-order valence-electron chi connectivity index (χ0n) is 29.0. The molecule has 2 amide bonds. The summed E-state index contributed by atoms with van der Waals surface area (Å²) in [5.41, 5.74) is 11.4. The van der Waals surface area contributed by atoms with Gasteiger partial charge < -0.3 is 34.1 Å². The molecule has 3 unspecified atom stereocenters. The zero-order chi connectivity index (χ0) is 34.3. The van der Waals surface area contributed by atoms with Gasteiger partial charge in [-0.2, -0.15) is 0 Å². The molecule has 2 saturated heterocycles. The third kappa shape index (κ3) is 4.92. The molecular formula is C39H43BN6O4. The average molecular weight is 671 g/mol. The van der Waals surface area contributed by atoms with Crippen molar-refractivity contribution in [3.05, 3.63) is 77.9 Å². The Morgan fingerprint density at radius 1 is 0.860 bits per heavy atom. The zero-order valence-corrected chi connectivity index (χ0v) is 29.0. The number of nitrogens with two attached hydrogens (primary N) is 1. The second kappa shape index (κ2) is 11.7. The number of benzene rings is 3. The predicted molar refractivity (Wildman–Crippen MR) is 195 cm³/mol. The number of hydrogen-bond donors (Lipinski definition) is 1. The summed E-state index contributed by atoms with van der Waals surface area (Å²) < 4.78 is 16.2. The molecule has 3 atom stereocenters. The van der Waals surface area contributed by atoms with Crippen molar-refractivity contribution in [2.45, 2.75) is 50.3 Å². The van der Waals surface area contributed by atoms with E-state index in [0.717, 1.165) is 41.9 Å². The van der Waals surface area contributed by atoms with Gasteiger partial charge in [0.15, 0.2) is 5.82 Å². The van der Waals surface area contributed by atoms with Gasteiger partial charge in [-0.15, -0.1) is 0 Å². The van der Waals surface area contributed by atoms with E-state index in [-0.39, 0.29) is 29.2 Å². The molecule has 9 rings (SSSR count). The van der Waals surface area contributed by atoms with E-state index < -0.39 is 0 Å². The molecule has 0 radical (unpaired) electrons. The standard InChI is InChI=1S/C39H43BN6O4/c1-49-32-10-6-4-8-28(32)38(48)43-18-24(19-43)21-46-35-29(42-36(46)31-16-25-7-3-5-9-30(25)44(31)20-23-11-12-23)15-26(17-33(35)50-2)37(47)45-22-27-13-14-34(45)39(27,40)41/h3-10,15-17,23-24,27,34H,11-14,18-22,40-41H2,1-2H3. The van der Waals surface area contributed by atoms with Gasteiger partial charge >= 0.3 is 0 Å². The van der Waals surface area contributed by atoms with Gasteiger partial charge in [-0.25, -0.2) is 4.98 Å². The number of carbonyl (C=O) groups is 2. The van der Waals surface area contributed by atoms with E-state index in [0.29, 0.717) is 60.6 Å². The Hall–Kier alpha value is -4.77. The second-order valence-corrected chi connectivity index (χ2v) is 15.1. The van der Waals surface area contributed by atoms with Crippen molar-refractivity contribution in [1.29, 1.82) is 0 Å². The molecule has 2 saturated carbocycles. The Balaban J connectivity index is 1.11. The Bertz CT molecular complexity index is 2160. The molecule has 2 bridgehead atoms. The first-order valence-electron chi connectivity index (χ1n) is 17.9. The summed E-state index contributed by atoms with van der Waals surface area (Å²) >= 11 is 0. The lowest BCUT2D eigenvalue weighted by Gasteiger charge is -2.40. The highest BCUT2D eigenvalue weighted by molar-refractivity contribution is 6.17. The third-order valence-electron chi connectivity index (χ3n) is 11.9. The van der Waals surface area contributed by atoms with Crippen LogP contribution in [0, 0.1) is 17.8 Å². The minimum atomic E-state index is -0.364. The third-order valence-corrected chi connectivity index (χ3v) is 11.9. The van der Waals surface area contributed by atoms with Crippen molar-refractivity contribution < 1.29 is 19.1 Å². The van der Waals surface area contributed by atoms with E-state index in [2.05, 4.69) is 47.3 Å². The molecule has 50 heavy (non-hydrogen) atoms. The number of nitrogens with zero attached hydrogens (tertiary/aromatic N) is 5. The number of para-hydroxylation sites is 2. The molecule has 4 heterocycles. The highest BCUT2D eigenvalue weighted by Crippen LogP contribution is 2.44. The van der Waals surface area contributed by atoms with Gasteiger partial charge in [0.1, 0.15) is 24.9 Å². The average Bonchev–Trinajstić information content (AvgIpc) is 3.57. The van der Waals surface area contributed by atoms with Crippen molar-refractivity contribution in [1.82, 2.24) is 23.9 Å². The number of hydrogen-bond acceptors (Lipinski definition) is 6. The quantitative estimate of drug-likeness (QED) is 0.234. The summed E-state index contributed by atoms with van der Waals surface area (Å²) in [6.07, 6.45) is 4.47. The van der Waals surface area contributed by atoms with E-state index in [9.17, 15) is 9.59 Å². The van der Waals surface area contributed by atoms with Crippen molar-refractivity contribution in [2.24, 2.45) is 23.5 Å². The molecule has 11 heteroatoms. The SMILES string of the molecule is BC1(N)C2CCC1N(C(=O)c1cc(OC)c3c(c1)nc(-c1cc4ccccc4n1CC1CC1)n3CC1CN(C(=O)c3ccccc3OC)C1)C2. The van der Waals surface area contributed by atoms with E-state index in [4.69, 9.17) is 20.2 Å². The Morgan fingerprint density at radius 3 is 2.32 bits per heavy atom. The molecule has 2 N–H and O–H groups in total. The molecule has 0 spiro atoms. The van der Waals surface area contributed by atoms with Gasteiger partial charge in [0.05, 0.1) is 31.0 Å². The van der Waals surface area contributed by atoms with Gasteiger partial charge in [0.25, 0.3) is 11.8 Å². The van der Waals surface area contributed by atoms with E-state index in [1.54, 1.807) is 14.2 Å². The molecule has 5 aromatic rings. The fourth-order valence-electron chi connectivity index (χ4n) is 8.92. The number of ether oxygens (including phenoxy) is 2. The summed E-state index contributed by atoms with van der Waals surface area (Å²) in [5, 5.41) is 1.18. The maximum atomic E-state index is 14.1. The smallest absolute Gasteiger partial charge is 0.257 e. The van der Waals surface area contributed by atoms with Crippen LogP contribution in [0.5, 0.6) is 11.5 Å². The summed E-state index contributed by atoms with van der Waals surface area (Å²) in [4.78, 5) is 36.8. The maximum Gasteiger partial charge on any atom is 0.257 e. The van der Waals surface area contributed by atoms with E-state index >= 15 is 0 Å². The van der Waals surface area contributed by atoms with Gasteiger partial charge in [-0.05, 0) is 73.9 Å². The predicted octanol–water partition coefficient (Wildman–Crippen LogP) is 4.38. The lowest BCUT2D eigenvalue weighted by atomic mass is 9.71. The van der Waals surface area contributed by atoms with Crippen molar-refractivity contribution in [3.63, 3.8) is 0 Å². The van der Waals surface area contributed by atoms with Crippen LogP contribution in [-0.2, 0) is 13.1 Å². The molecule has 2 aliphatic carbocycles. The topological polar surface area (TPSA) is 108 Å². The molecule has 2 aliphatic heterocycles. The minimum absolute atomic E-state index is 0.0162. The first-order valence-corrected chi connectivity index (χ1v) is 17.9. The molecule has 4 fully saturated rings. The van der Waals surface area contributed by atoms with Gasteiger partial charge in [-0.3, -0.25) is 9.59 Å². The van der Waals surface area contributed by atoms with E-state index in [1.165, 1.54) is 23.7 Å². The molecule has 4 aliphatic rings. The molecule has 2 aromatic heterocycles. The van der Waals surface area contributed by atoms with Gasteiger partial charge in [-0.1, -0.05) is 30.3 Å². The van der Waals surface area contributed by atoms with Crippen LogP contribution < -0.4 is 15.2 Å². The van der Waals surface area contributed by atoms with Crippen molar-refractivity contribution in [3.8, 4) is 23.0 Å². The van der Waals surface area contributed by atoms with Crippen LogP contribution in [0.1, 0.15) is 46.4 Å². The molecule has 10 nitrogen and oxygen atoms in total. The van der Waals surface area contributed by atoms with Gasteiger partial charge in [0.2, 0.25) is 0 Å². The lowest BCUT2D eigenvalue weighted by molar-refractivity contribution is 0.0468. The second-order valence-electron chi connectivity index (χ2n) is 15.1. The van der Waals surface area contributed by atoms with Crippen molar-refractivity contribution >= 4 is 41.6 Å². The highest BCUT2D eigenvalue weighted by Gasteiger charge is 2.54. The number of imidazole rings is 1. The van der Waals surface area contributed by atoms with Crippen LogP contribution >= 0.6 is 0 Å². The normalized spacial score (nSPS) is 23.2. The number of piperidine rings is 1. The van der Waals surface area contributed by atoms with Crippen LogP contribution in [0.25, 0.3) is 33.5 Å². The number of carbonyl (C=O) groups excluding carboxylic acids is 2. The summed E-state index contributed by atoms with van der Waals surface area (Å²) in [6.45, 7) is 3.51. The Kier molecular flexibility index (Phi) is 7.28. The summed E-state index contributed by atoms with van der Waals surface area (Å²) in [6, 6.07) is 22.0. The summed E-state index contributed by atoms with van der Waals surface area (Å²) in [5.74, 6) is 3.20. The monoisotopic (exact) mass is 670 g/mol. The van der Waals surface area contributed by atoms with Crippen LogP contribution in [0.2, 0.25) is 0 Å². The van der Waals surface area contributed by atoms with Crippen LogP contribution in [0.4, 0.5) is 0 Å². The Labute approximate surface area is 292 Å². The number of amides is 2. The largest absolute Gasteiger partial charge is 0.496 e. The molecule has 3 aromatic carbocycles. The highest BCUT2D eigenvalue weighted by atomic mass is 16.5. The fourth-order valence-corrected chi connectivity index (χ4v) is 8.92. The number of methoxy groups -OCH3 is 2. The van der Waals surface area contributed by atoms with Crippen LogP contribution in [0.3, 0.4) is 0 Å². The van der Waals surface area contributed by atoms with Crippen LogP contribution in [0.15, 0.2) is 66.7 Å². The summed E-state index contributed by atoms with van der Waals surface area (Å²) in [7, 11) is 5.35. The van der Waals surface area contributed by atoms with Gasteiger partial charge in [0, 0.05) is 66.6 Å². The van der Waals surface area contributed by atoms with E-state index in [1.807, 2.05) is 46.2 Å². The number of fused-ring (bicyclic) bond motifs is 4. The number of likely N-dealkylation sites (tertiary alicyclic amines) is 2. The van der Waals surface area contributed by atoms with Crippen molar-refractivity contribution in [2.75, 3.05) is 33.9 Å². The number of rotatable bonds is 9. The Morgan fingerprint density at radius 2 is 1.60 bits per heavy atom. The first kappa shape index (κ1) is 31.2. The minimum Gasteiger partial charge on any atom is -0.496 e. The van der Waals surface area contributed by atoms with Crippen LogP contribution in [-0.4, -0.2) is 88.9 Å². The molecular weight excluding hydrogens is 627 g/mol. The number of aromatic nitrogens is 3. The maximum absolute atomic E-state index is 14.1. The lowest BCUT2D eigenvalue weighted by Crippen LogP contribution is -2.52.